The summed E-state index contributed by atoms with van der Waals surface area (Å²) >= 11 is 0. The third kappa shape index (κ3) is 5.00. The van der Waals surface area contributed by atoms with Crippen molar-refractivity contribution in [3.8, 4) is 0 Å². The van der Waals surface area contributed by atoms with Crippen LogP contribution in [0, 0.1) is 0 Å². The van der Waals surface area contributed by atoms with E-state index >= 15 is 0 Å². The fourth-order valence-corrected chi connectivity index (χ4v) is 2.40. The zero-order chi connectivity index (χ0) is 12.9. The maximum atomic E-state index is 12.0. The molecule has 0 unspecified atom stereocenters. The molecule has 1 aromatic rings. The van der Waals surface area contributed by atoms with Gasteiger partial charge in [0.1, 0.15) is 0 Å². The first-order valence-electron chi connectivity index (χ1n) is 6.15. The van der Waals surface area contributed by atoms with Crippen LogP contribution >= 0.6 is 0 Å². The van der Waals surface area contributed by atoms with Crippen molar-refractivity contribution in [2.24, 2.45) is 0 Å². The summed E-state index contributed by atoms with van der Waals surface area (Å²) < 4.78 is 15.0. The topological polar surface area (TPSA) is 29.1 Å². The number of rotatable bonds is 5. The Hall–Kier alpha value is -0.670. The van der Waals surface area contributed by atoms with Crippen LogP contribution in [0.2, 0.25) is 0 Å². The molecule has 0 heterocycles. The van der Waals surface area contributed by atoms with Crippen molar-refractivity contribution in [1.29, 1.82) is 0 Å². The van der Waals surface area contributed by atoms with Gasteiger partial charge in [-0.25, -0.2) is 8.93 Å². The molecule has 0 fully saturated rings. The van der Waals surface area contributed by atoms with Gasteiger partial charge in [0.05, 0.1) is 15.7 Å². The standard InChI is InChI=1S/C14H23NOS/c1-5-13(15-17(16)14(2,3)4)11-12-9-7-6-8-10-12/h6-10,13,15H,5,11H2,1-4H3/t13-,17+/m0/s1. The largest absolute Gasteiger partial charge is 0.242 e. The molecular formula is C14H23NOS. The van der Waals surface area contributed by atoms with E-state index in [-0.39, 0.29) is 10.8 Å². The van der Waals surface area contributed by atoms with Gasteiger partial charge in [0.2, 0.25) is 0 Å². The lowest BCUT2D eigenvalue weighted by atomic mass is 10.1. The van der Waals surface area contributed by atoms with E-state index in [2.05, 4.69) is 23.8 Å². The lowest BCUT2D eigenvalue weighted by molar-refractivity contribution is 0.567. The molecule has 0 bridgehead atoms. The SMILES string of the molecule is CC[C@@H](Cc1ccccc1)N[S@](=O)C(C)(C)C. The average molecular weight is 253 g/mol. The molecule has 1 rings (SSSR count). The first kappa shape index (κ1) is 14.4. The minimum atomic E-state index is -0.991. The van der Waals surface area contributed by atoms with Crippen molar-refractivity contribution in [2.45, 2.75) is 51.3 Å². The summed E-state index contributed by atoms with van der Waals surface area (Å²) in [7, 11) is -0.991. The lowest BCUT2D eigenvalue weighted by Gasteiger charge is -2.23. The minimum absolute atomic E-state index is 0.204. The number of hydrogen-bond donors (Lipinski definition) is 1. The van der Waals surface area contributed by atoms with E-state index in [1.165, 1.54) is 5.56 Å². The van der Waals surface area contributed by atoms with Gasteiger partial charge in [0.25, 0.3) is 0 Å². The van der Waals surface area contributed by atoms with Crippen LogP contribution in [0.4, 0.5) is 0 Å². The Morgan fingerprint density at radius 2 is 1.82 bits per heavy atom. The van der Waals surface area contributed by atoms with Crippen LogP contribution in [0.3, 0.4) is 0 Å². The monoisotopic (exact) mass is 253 g/mol. The van der Waals surface area contributed by atoms with Gasteiger partial charge in [-0.1, -0.05) is 37.3 Å². The summed E-state index contributed by atoms with van der Waals surface area (Å²) in [5.74, 6) is 0. The number of nitrogens with one attached hydrogen (secondary N) is 1. The van der Waals surface area contributed by atoms with Crippen molar-refractivity contribution in [3.05, 3.63) is 35.9 Å². The second-order valence-electron chi connectivity index (χ2n) is 5.29. The van der Waals surface area contributed by atoms with Gasteiger partial charge in [-0.15, -0.1) is 0 Å². The fourth-order valence-electron chi connectivity index (χ4n) is 1.50. The Kier molecular flexibility index (Phi) is 5.34. The normalized spacial score (nSPS) is 15.5. The van der Waals surface area contributed by atoms with Crippen molar-refractivity contribution in [2.75, 3.05) is 0 Å². The molecule has 0 spiro atoms. The molecular weight excluding hydrogens is 230 g/mol. The molecule has 0 aliphatic carbocycles. The predicted octanol–water partition coefficient (Wildman–Crippen LogP) is 3.06. The number of benzene rings is 1. The molecule has 0 aliphatic heterocycles. The van der Waals surface area contributed by atoms with Crippen LogP contribution in [0.25, 0.3) is 0 Å². The van der Waals surface area contributed by atoms with Crippen LogP contribution < -0.4 is 4.72 Å². The van der Waals surface area contributed by atoms with Crippen LogP contribution in [-0.4, -0.2) is 15.0 Å². The van der Waals surface area contributed by atoms with Gasteiger partial charge in [-0.05, 0) is 39.2 Å². The Morgan fingerprint density at radius 1 is 1.24 bits per heavy atom. The summed E-state index contributed by atoms with van der Waals surface area (Å²) in [4.78, 5) is 0. The quantitative estimate of drug-likeness (QED) is 0.858. The van der Waals surface area contributed by atoms with E-state index in [0.717, 1.165) is 12.8 Å². The van der Waals surface area contributed by atoms with Gasteiger partial charge in [0, 0.05) is 6.04 Å². The lowest BCUT2D eigenvalue weighted by Crippen LogP contribution is -2.40. The molecule has 1 aromatic carbocycles. The van der Waals surface area contributed by atoms with E-state index < -0.39 is 11.0 Å². The maximum absolute atomic E-state index is 12.0. The van der Waals surface area contributed by atoms with Gasteiger partial charge in [0.15, 0.2) is 0 Å². The van der Waals surface area contributed by atoms with Gasteiger partial charge in [-0.2, -0.15) is 0 Å². The summed E-state index contributed by atoms with van der Waals surface area (Å²) in [6, 6.07) is 10.6. The summed E-state index contributed by atoms with van der Waals surface area (Å²) in [5.41, 5.74) is 1.29. The van der Waals surface area contributed by atoms with E-state index in [1.807, 2.05) is 39.0 Å². The molecule has 0 radical (unpaired) electrons. The highest BCUT2D eigenvalue weighted by Gasteiger charge is 2.22. The summed E-state index contributed by atoms with van der Waals surface area (Å²) in [5, 5.41) is 0. The molecule has 1 N–H and O–H groups in total. The van der Waals surface area contributed by atoms with Crippen LogP contribution in [-0.2, 0) is 17.4 Å². The molecule has 0 amide bonds. The third-order valence-corrected chi connectivity index (χ3v) is 4.31. The Bertz CT molecular complexity index is 356. The molecule has 17 heavy (non-hydrogen) atoms. The fraction of sp³-hybridized carbons (Fsp3) is 0.571. The Labute approximate surface area is 107 Å². The van der Waals surface area contributed by atoms with Crippen molar-refractivity contribution < 1.29 is 4.21 Å². The second-order valence-corrected chi connectivity index (χ2v) is 7.29. The minimum Gasteiger partial charge on any atom is -0.242 e. The molecule has 2 atom stereocenters. The average Bonchev–Trinajstić information content (AvgIpc) is 2.28. The summed E-state index contributed by atoms with van der Waals surface area (Å²) in [6.07, 6.45) is 1.91. The third-order valence-electron chi connectivity index (χ3n) is 2.65. The van der Waals surface area contributed by atoms with Gasteiger partial charge < -0.3 is 0 Å². The van der Waals surface area contributed by atoms with Crippen molar-refractivity contribution >= 4 is 11.0 Å². The van der Waals surface area contributed by atoms with Gasteiger partial charge in [-0.3, -0.25) is 0 Å². The van der Waals surface area contributed by atoms with Gasteiger partial charge >= 0.3 is 0 Å². The molecule has 0 aromatic heterocycles. The molecule has 2 nitrogen and oxygen atoms in total. The first-order chi connectivity index (χ1) is 7.93. The maximum Gasteiger partial charge on any atom is 0.0972 e. The smallest absolute Gasteiger partial charge is 0.0972 e. The van der Waals surface area contributed by atoms with Crippen molar-refractivity contribution in [1.82, 2.24) is 4.72 Å². The Morgan fingerprint density at radius 3 is 2.29 bits per heavy atom. The van der Waals surface area contributed by atoms with Crippen LogP contribution in [0.15, 0.2) is 30.3 Å². The van der Waals surface area contributed by atoms with Crippen LogP contribution in [0.1, 0.15) is 39.7 Å². The zero-order valence-corrected chi connectivity index (χ0v) is 12.0. The van der Waals surface area contributed by atoms with E-state index in [4.69, 9.17) is 0 Å². The summed E-state index contributed by atoms with van der Waals surface area (Å²) in [6.45, 7) is 8.10. The highest BCUT2D eigenvalue weighted by molar-refractivity contribution is 7.84. The highest BCUT2D eigenvalue weighted by atomic mass is 32.2. The van der Waals surface area contributed by atoms with E-state index in [9.17, 15) is 4.21 Å². The molecule has 0 saturated heterocycles. The molecule has 96 valence electrons. The number of hydrogen-bond acceptors (Lipinski definition) is 1. The molecule has 0 aliphatic rings. The molecule has 3 heteroatoms. The van der Waals surface area contributed by atoms with Crippen LogP contribution in [0.5, 0.6) is 0 Å². The van der Waals surface area contributed by atoms with E-state index in [0.29, 0.717) is 0 Å². The molecule has 0 saturated carbocycles. The zero-order valence-electron chi connectivity index (χ0n) is 11.2. The Balaban J connectivity index is 2.59. The van der Waals surface area contributed by atoms with Crippen molar-refractivity contribution in [3.63, 3.8) is 0 Å². The second kappa shape index (κ2) is 6.31. The predicted molar refractivity (Wildman–Crippen MR) is 75.3 cm³/mol. The highest BCUT2D eigenvalue weighted by Crippen LogP contribution is 2.12. The van der Waals surface area contributed by atoms with E-state index in [1.54, 1.807) is 0 Å². The first-order valence-corrected chi connectivity index (χ1v) is 7.30.